The van der Waals surface area contributed by atoms with Gasteiger partial charge in [-0.15, -0.1) is 5.10 Å². The van der Waals surface area contributed by atoms with Crippen molar-refractivity contribution in [2.24, 2.45) is 5.11 Å². The molecule has 1 aromatic carbocycles. The lowest BCUT2D eigenvalue weighted by molar-refractivity contribution is 0.0995. The molecule has 2 rings (SSSR count). The zero-order valence-corrected chi connectivity index (χ0v) is 8.06. The van der Waals surface area contributed by atoms with Crippen LogP contribution in [-0.2, 0) is 0 Å². The molecule has 0 N–H and O–H groups in total. The van der Waals surface area contributed by atoms with E-state index in [0.717, 1.165) is 5.69 Å². The van der Waals surface area contributed by atoms with Crippen LogP contribution in [0.1, 0.15) is 10.5 Å². The van der Waals surface area contributed by atoms with Gasteiger partial charge in [-0.2, -0.15) is 9.90 Å². The molecule has 0 bridgehead atoms. The third kappa shape index (κ3) is 1.89. The minimum atomic E-state index is -0.746. The second-order valence-corrected chi connectivity index (χ2v) is 2.85. The molecular weight excluding hydrogens is 208 g/mol. The van der Waals surface area contributed by atoms with E-state index < -0.39 is 5.91 Å². The lowest BCUT2D eigenvalue weighted by atomic mass is 10.3. The van der Waals surface area contributed by atoms with Gasteiger partial charge in [0.05, 0.1) is 11.9 Å². The van der Waals surface area contributed by atoms with E-state index in [0.29, 0.717) is 0 Å². The van der Waals surface area contributed by atoms with Gasteiger partial charge in [0, 0.05) is 4.91 Å². The van der Waals surface area contributed by atoms with Crippen molar-refractivity contribution in [3.05, 3.63) is 52.7 Å². The summed E-state index contributed by atoms with van der Waals surface area (Å²) in [5, 5.41) is 10.7. The number of amides is 1. The Labute approximate surface area is 89.9 Å². The van der Waals surface area contributed by atoms with Crippen molar-refractivity contribution in [3.63, 3.8) is 0 Å². The van der Waals surface area contributed by atoms with Crippen LogP contribution in [0.25, 0.3) is 16.1 Å². The standard InChI is InChI=1S/C9H6N6O/c10-14-12-9(16)8-6-11-15(13-8)7-4-2-1-3-5-7/h1-6H. The first-order chi connectivity index (χ1) is 7.81. The molecule has 0 saturated heterocycles. The number of aromatic nitrogens is 3. The third-order valence-electron chi connectivity index (χ3n) is 1.83. The van der Waals surface area contributed by atoms with Gasteiger partial charge in [0.15, 0.2) is 5.69 Å². The highest BCUT2D eigenvalue weighted by atomic mass is 16.2. The molecule has 0 aliphatic heterocycles. The summed E-state index contributed by atoms with van der Waals surface area (Å²) in [6.45, 7) is 0. The van der Waals surface area contributed by atoms with Crippen molar-refractivity contribution in [1.82, 2.24) is 15.0 Å². The maximum absolute atomic E-state index is 11.2. The Morgan fingerprint density at radius 3 is 2.81 bits per heavy atom. The average molecular weight is 214 g/mol. The van der Waals surface area contributed by atoms with Crippen molar-refractivity contribution in [1.29, 1.82) is 0 Å². The van der Waals surface area contributed by atoms with Crippen molar-refractivity contribution in [2.45, 2.75) is 0 Å². The van der Waals surface area contributed by atoms with Gasteiger partial charge in [-0.25, -0.2) is 0 Å². The Morgan fingerprint density at radius 2 is 2.12 bits per heavy atom. The van der Waals surface area contributed by atoms with E-state index in [2.05, 4.69) is 20.2 Å². The first-order valence-electron chi connectivity index (χ1n) is 4.38. The van der Waals surface area contributed by atoms with Gasteiger partial charge < -0.3 is 0 Å². The molecule has 16 heavy (non-hydrogen) atoms. The number of azide groups is 1. The van der Waals surface area contributed by atoms with E-state index in [9.17, 15) is 4.79 Å². The first-order valence-corrected chi connectivity index (χ1v) is 4.38. The van der Waals surface area contributed by atoms with E-state index in [4.69, 9.17) is 5.53 Å². The van der Waals surface area contributed by atoms with Crippen LogP contribution in [0.4, 0.5) is 0 Å². The molecule has 7 heteroatoms. The minimum Gasteiger partial charge on any atom is -0.285 e. The molecule has 0 radical (unpaired) electrons. The number of rotatable bonds is 2. The van der Waals surface area contributed by atoms with Crippen LogP contribution in [0, 0.1) is 0 Å². The Balaban J connectivity index is 2.33. The number of hydrogen-bond acceptors (Lipinski definition) is 3. The first kappa shape index (κ1) is 9.88. The maximum atomic E-state index is 11.2. The number of carbonyl (C=O) groups is 1. The average Bonchev–Trinajstić information content (AvgIpc) is 2.80. The summed E-state index contributed by atoms with van der Waals surface area (Å²) in [7, 11) is 0. The van der Waals surface area contributed by atoms with Crippen LogP contribution in [0.3, 0.4) is 0 Å². The molecule has 1 amide bonds. The number of nitrogens with zero attached hydrogens (tertiary/aromatic N) is 6. The van der Waals surface area contributed by atoms with Crippen molar-refractivity contribution >= 4 is 5.91 Å². The number of carbonyl (C=O) groups excluding carboxylic acids is 1. The van der Waals surface area contributed by atoms with Crippen LogP contribution in [0.15, 0.2) is 41.6 Å². The molecule has 7 nitrogen and oxygen atoms in total. The smallest absolute Gasteiger partial charge is 0.270 e. The van der Waals surface area contributed by atoms with Gasteiger partial charge in [-0.1, -0.05) is 18.2 Å². The van der Waals surface area contributed by atoms with Gasteiger partial charge in [0.25, 0.3) is 5.91 Å². The number of para-hydroxylation sites is 1. The molecule has 78 valence electrons. The summed E-state index contributed by atoms with van der Waals surface area (Å²) in [6, 6.07) is 9.10. The molecule has 1 heterocycles. The van der Waals surface area contributed by atoms with Gasteiger partial charge in [0.2, 0.25) is 0 Å². The highest BCUT2D eigenvalue weighted by Gasteiger charge is 2.08. The topological polar surface area (TPSA) is 96.5 Å². The maximum Gasteiger partial charge on any atom is 0.270 e. The Bertz CT molecular complexity index is 554. The van der Waals surface area contributed by atoms with Crippen LogP contribution in [0.2, 0.25) is 0 Å². The van der Waals surface area contributed by atoms with Gasteiger partial charge >= 0.3 is 0 Å². The zero-order chi connectivity index (χ0) is 11.4. The molecular formula is C9H6N6O. The lowest BCUT2D eigenvalue weighted by Gasteiger charge is -1.96. The molecule has 0 spiro atoms. The normalized spacial score (nSPS) is 9.50. The third-order valence-corrected chi connectivity index (χ3v) is 1.83. The molecule has 0 atom stereocenters. The van der Waals surface area contributed by atoms with Gasteiger partial charge in [-0.05, 0) is 22.8 Å². The van der Waals surface area contributed by atoms with Gasteiger partial charge in [-0.3, -0.25) is 4.79 Å². The molecule has 0 unspecified atom stereocenters. The predicted molar refractivity (Wildman–Crippen MR) is 54.8 cm³/mol. The van der Waals surface area contributed by atoms with E-state index in [1.807, 2.05) is 18.2 Å². The Morgan fingerprint density at radius 1 is 1.38 bits per heavy atom. The largest absolute Gasteiger partial charge is 0.285 e. The van der Waals surface area contributed by atoms with Gasteiger partial charge in [0.1, 0.15) is 0 Å². The predicted octanol–water partition coefficient (Wildman–Crippen LogP) is 1.72. The van der Waals surface area contributed by atoms with Crippen molar-refractivity contribution < 1.29 is 4.79 Å². The Kier molecular flexibility index (Phi) is 2.62. The van der Waals surface area contributed by atoms with E-state index >= 15 is 0 Å². The molecule has 0 aliphatic rings. The quantitative estimate of drug-likeness (QED) is 0.432. The molecule has 2 aromatic rings. The van der Waals surface area contributed by atoms with Crippen LogP contribution in [0.5, 0.6) is 0 Å². The second kappa shape index (κ2) is 4.24. The SMILES string of the molecule is [N-]=[N+]=NC(=O)c1cnn(-c2ccccc2)n1. The highest BCUT2D eigenvalue weighted by molar-refractivity contribution is 5.92. The van der Waals surface area contributed by atoms with E-state index in [-0.39, 0.29) is 5.69 Å². The highest BCUT2D eigenvalue weighted by Crippen LogP contribution is 2.04. The van der Waals surface area contributed by atoms with Crippen molar-refractivity contribution in [3.8, 4) is 5.69 Å². The van der Waals surface area contributed by atoms with Crippen LogP contribution >= 0.6 is 0 Å². The summed E-state index contributed by atoms with van der Waals surface area (Å²) in [5.41, 5.74) is 8.84. The zero-order valence-electron chi connectivity index (χ0n) is 8.06. The lowest BCUT2D eigenvalue weighted by Crippen LogP contribution is -2.00. The van der Waals surface area contributed by atoms with Crippen molar-refractivity contribution in [2.75, 3.05) is 0 Å². The fraction of sp³-hybridized carbons (Fsp3) is 0. The minimum absolute atomic E-state index is 0.0154. The molecule has 0 aliphatic carbocycles. The summed E-state index contributed by atoms with van der Waals surface area (Å²) < 4.78 is 0. The molecule has 1 aromatic heterocycles. The second-order valence-electron chi connectivity index (χ2n) is 2.85. The van der Waals surface area contributed by atoms with E-state index in [1.165, 1.54) is 11.0 Å². The summed E-state index contributed by atoms with van der Waals surface area (Å²) in [6.07, 6.45) is 1.25. The monoisotopic (exact) mass is 214 g/mol. The van der Waals surface area contributed by atoms with E-state index in [1.54, 1.807) is 12.1 Å². The van der Waals surface area contributed by atoms with Crippen LogP contribution < -0.4 is 0 Å². The summed E-state index contributed by atoms with van der Waals surface area (Å²) in [4.78, 5) is 14.8. The van der Waals surface area contributed by atoms with Crippen LogP contribution in [-0.4, -0.2) is 20.9 Å². The fourth-order valence-electron chi connectivity index (χ4n) is 1.14. The fourth-order valence-corrected chi connectivity index (χ4v) is 1.14. The number of benzene rings is 1. The number of hydrogen-bond donors (Lipinski definition) is 0. The Hall–Kier alpha value is -2.66. The molecule has 0 saturated carbocycles. The summed E-state index contributed by atoms with van der Waals surface area (Å²) in [5.74, 6) is -0.746. The molecule has 0 fully saturated rings. The summed E-state index contributed by atoms with van der Waals surface area (Å²) >= 11 is 0.